The summed E-state index contributed by atoms with van der Waals surface area (Å²) >= 11 is 0. The normalized spacial score (nSPS) is 15.5. The molecule has 20 heavy (non-hydrogen) atoms. The largest absolute Gasteiger partial charge is 0.370 e. The van der Waals surface area contributed by atoms with Gasteiger partial charge in [0.05, 0.1) is 0 Å². The Kier molecular flexibility index (Phi) is 6.09. The molecule has 0 aromatic carbocycles. The molecule has 112 valence electrons. The van der Waals surface area contributed by atoms with Gasteiger partial charge in [0, 0.05) is 25.6 Å². The van der Waals surface area contributed by atoms with Gasteiger partial charge in [-0.2, -0.15) is 0 Å². The lowest BCUT2D eigenvalue weighted by Crippen LogP contribution is -2.09. The van der Waals surface area contributed by atoms with E-state index in [-0.39, 0.29) is 0 Å². The Morgan fingerprint density at radius 1 is 1.10 bits per heavy atom. The van der Waals surface area contributed by atoms with Crippen LogP contribution < -0.4 is 10.6 Å². The molecule has 0 radical (unpaired) electrons. The zero-order valence-corrected chi connectivity index (χ0v) is 12.9. The van der Waals surface area contributed by atoms with Crippen LogP contribution in [0.4, 0.5) is 11.6 Å². The van der Waals surface area contributed by atoms with Gasteiger partial charge in [-0.1, -0.05) is 32.6 Å². The predicted molar refractivity (Wildman–Crippen MR) is 85.3 cm³/mol. The predicted octanol–water partition coefficient (Wildman–Crippen LogP) is 3.85. The number of anilines is 2. The van der Waals surface area contributed by atoms with Gasteiger partial charge >= 0.3 is 0 Å². The highest BCUT2D eigenvalue weighted by Crippen LogP contribution is 2.28. The lowest BCUT2D eigenvalue weighted by Gasteiger charge is -2.11. The van der Waals surface area contributed by atoms with Crippen molar-refractivity contribution in [2.45, 2.75) is 58.8 Å². The van der Waals surface area contributed by atoms with E-state index in [1.807, 2.05) is 6.07 Å². The van der Waals surface area contributed by atoms with E-state index < -0.39 is 0 Å². The molecule has 2 N–H and O–H groups in total. The van der Waals surface area contributed by atoms with E-state index in [0.29, 0.717) is 0 Å². The Bertz CT molecular complexity index is 399. The van der Waals surface area contributed by atoms with Gasteiger partial charge < -0.3 is 10.6 Å². The Labute approximate surface area is 122 Å². The third kappa shape index (κ3) is 4.66. The summed E-state index contributed by atoms with van der Waals surface area (Å²) in [7, 11) is 0. The number of nitrogens with zero attached hydrogens (tertiary/aromatic N) is 2. The van der Waals surface area contributed by atoms with Gasteiger partial charge in [0.15, 0.2) is 0 Å². The Morgan fingerprint density at radius 3 is 2.45 bits per heavy atom. The first-order chi connectivity index (χ1) is 9.81. The number of rotatable bonds is 8. The number of aromatic nitrogens is 2. The van der Waals surface area contributed by atoms with Gasteiger partial charge in [0.2, 0.25) is 0 Å². The molecule has 0 bridgehead atoms. The molecule has 0 saturated heterocycles. The second kappa shape index (κ2) is 8.08. The second-order valence-corrected chi connectivity index (χ2v) is 5.66. The van der Waals surface area contributed by atoms with Gasteiger partial charge in [-0.15, -0.1) is 0 Å². The van der Waals surface area contributed by atoms with Crippen molar-refractivity contribution >= 4 is 11.6 Å². The Hall–Kier alpha value is -1.32. The van der Waals surface area contributed by atoms with Crippen molar-refractivity contribution in [2.24, 2.45) is 5.92 Å². The molecule has 1 aliphatic carbocycles. The quantitative estimate of drug-likeness (QED) is 0.708. The molecule has 1 saturated carbocycles. The molecule has 4 nitrogen and oxygen atoms in total. The Balaban J connectivity index is 1.79. The average Bonchev–Trinajstić information content (AvgIpc) is 2.97. The van der Waals surface area contributed by atoms with Crippen molar-refractivity contribution in [3.63, 3.8) is 0 Å². The fourth-order valence-electron chi connectivity index (χ4n) is 2.92. The topological polar surface area (TPSA) is 49.8 Å². The molecule has 0 spiro atoms. The molecule has 1 aliphatic rings. The van der Waals surface area contributed by atoms with Crippen LogP contribution >= 0.6 is 0 Å². The van der Waals surface area contributed by atoms with Gasteiger partial charge in [0.1, 0.15) is 17.5 Å². The van der Waals surface area contributed by atoms with Crippen LogP contribution in [0.25, 0.3) is 0 Å². The molecule has 0 unspecified atom stereocenters. The summed E-state index contributed by atoms with van der Waals surface area (Å²) in [5.41, 5.74) is 0. The summed E-state index contributed by atoms with van der Waals surface area (Å²) in [6.45, 7) is 6.08. The molecule has 0 aliphatic heterocycles. The standard InChI is InChI=1S/C16H28N4/c1-3-14-19-15(17-4-2)12-16(20-14)18-11-7-10-13-8-5-6-9-13/h12-13H,3-11H2,1-2H3,(H2,17,18,19,20). The van der Waals surface area contributed by atoms with E-state index in [1.54, 1.807) is 0 Å². The summed E-state index contributed by atoms with van der Waals surface area (Å²) in [6.07, 6.45) is 9.24. The first-order valence-electron chi connectivity index (χ1n) is 8.17. The van der Waals surface area contributed by atoms with Crippen LogP contribution in [0.3, 0.4) is 0 Å². The van der Waals surface area contributed by atoms with Crippen LogP contribution in [-0.2, 0) is 6.42 Å². The molecule has 0 atom stereocenters. The van der Waals surface area contributed by atoms with Crippen LogP contribution in [0.5, 0.6) is 0 Å². The fraction of sp³-hybridized carbons (Fsp3) is 0.750. The number of hydrogen-bond donors (Lipinski definition) is 2. The zero-order valence-electron chi connectivity index (χ0n) is 12.9. The van der Waals surface area contributed by atoms with E-state index in [0.717, 1.165) is 42.9 Å². The summed E-state index contributed by atoms with van der Waals surface area (Å²) in [6, 6.07) is 2.01. The van der Waals surface area contributed by atoms with E-state index in [2.05, 4.69) is 34.4 Å². The SMILES string of the molecule is CCNc1cc(NCCCC2CCCC2)nc(CC)n1. The van der Waals surface area contributed by atoms with Crippen LogP contribution in [0.15, 0.2) is 6.07 Å². The van der Waals surface area contributed by atoms with Gasteiger partial charge in [-0.25, -0.2) is 9.97 Å². The highest BCUT2D eigenvalue weighted by Gasteiger charge is 2.13. The molecule has 1 heterocycles. The van der Waals surface area contributed by atoms with Crippen molar-refractivity contribution in [3.05, 3.63) is 11.9 Å². The lowest BCUT2D eigenvalue weighted by atomic mass is 10.0. The summed E-state index contributed by atoms with van der Waals surface area (Å²) < 4.78 is 0. The van der Waals surface area contributed by atoms with Crippen LogP contribution in [0.1, 0.15) is 58.2 Å². The van der Waals surface area contributed by atoms with E-state index in [9.17, 15) is 0 Å². The average molecular weight is 276 g/mol. The number of nitrogens with one attached hydrogen (secondary N) is 2. The van der Waals surface area contributed by atoms with Gasteiger partial charge in [0.25, 0.3) is 0 Å². The first-order valence-corrected chi connectivity index (χ1v) is 8.17. The van der Waals surface area contributed by atoms with Crippen molar-refractivity contribution in [2.75, 3.05) is 23.7 Å². The summed E-state index contributed by atoms with van der Waals surface area (Å²) in [5.74, 6) is 3.77. The van der Waals surface area contributed by atoms with E-state index in [1.165, 1.54) is 38.5 Å². The third-order valence-electron chi connectivity index (χ3n) is 4.02. The van der Waals surface area contributed by atoms with Gasteiger partial charge in [-0.05, 0) is 25.7 Å². The second-order valence-electron chi connectivity index (χ2n) is 5.66. The van der Waals surface area contributed by atoms with Crippen LogP contribution in [0, 0.1) is 5.92 Å². The molecular formula is C16H28N4. The van der Waals surface area contributed by atoms with Crippen LogP contribution in [-0.4, -0.2) is 23.1 Å². The Morgan fingerprint density at radius 2 is 1.80 bits per heavy atom. The number of hydrogen-bond acceptors (Lipinski definition) is 4. The van der Waals surface area contributed by atoms with E-state index >= 15 is 0 Å². The molecule has 1 fully saturated rings. The minimum absolute atomic E-state index is 0.871. The van der Waals surface area contributed by atoms with Crippen molar-refractivity contribution in [3.8, 4) is 0 Å². The maximum atomic E-state index is 4.54. The fourth-order valence-corrected chi connectivity index (χ4v) is 2.92. The maximum Gasteiger partial charge on any atom is 0.132 e. The minimum atomic E-state index is 0.871. The number of aryl methyl sites for hydroxylation is 1. The van der Waals surface area contributed by atoms with E-state index in [4.69, 9.17) is 0 Å². The molecule has 1 aromatic heterocycles. The maximum absolute atomic E-state index is 4.54. The van der Waals surface area contributed by atoms with Crippen molar-refractivity contribution < 1.29 is 0 Å². The summed E-state index contributed by atoms with van der Waals surface area (Å²) in [4.78, 5) is 9.01. The monoisotopic (exact) mass is 276 g/mol. The first kappa shape index (κ1) is 15.1. The zero-order chi connectivity index (χ0) is 14.2. The smallest absolute Gasteiger partial charge is 0.132 e. The van der Waals surface area contributed by atoms with Gasteiger partial charge in [-0.3, -0.25) is 0 Å². The minimum Gasteiger partial charge on any atom is -0.370 e. The molecular weight excluding hydrogens is 248 g/mol. The van der Waals surface area contributed by atoms with Crippen molar-refractivity contribution in [1.82, 2.24) is 9.97 Å². The molecule has 0 amide bonds. The lowest BCUT2D eigenvalue weighted by molar-refractivity contribution is 0.491. The highest BCUT2D eigenvalue weighted by molar-refractivity contribution is 5.47. The summed E-state index contributed by atoms with van der Waals surface area (Å²) in [5, 5.41) is 6.72. The highest BCUT2D eigenvalue weighted by atomic mass is 15.1. The van der Waals surface area contributed by atoms with Crippen LogP contribution in [0.2, 0.25) is 0 Å². The molecule has 4 heteroatoms. The molecule has 1 aromatic rings. The third-order valence-corrected chi connectivity index (χ3v) is 4.02. The molecule has 2 rings (SSSR count). The van der Waals surface area contributed by atoms with Crippen molar-refractivity contribution in [1.29, 1.82) is 0 Å².